The summed E-state index contributed by atoms with van der Waals surface area (Å²) in [5.74, 6) is -0.392. The quantitative estimate of drug-likeness (QED) is 0.293. The number of nitrogens with zero attached hydrogens (tertiary/aromatic N) is 4. The van der Waals surface area contributed by atoms with Crippen LogP contribution in [0.3, 0.4) is 0 Å². The fraction of sp³-hybridized carbons (Fsp3) is 0.448. The second-order valence-corrected chi connectivity index (χ2v) is 9.92. The Labute approximate surface area is 214 Å². The molecule has 0 N–H and O–H groups in total. The highest BCUT2D eigenvalue weighted by Gasteiger charge is 2.31. The third-order valence-electron chi connectivity index (χ3n) is 7.04. The Bertz CT molecular complexity index is 1240. The van der Waals surface area contributed by atoms with Crippen LogP contribution in [0.5, 0.6) is 0 Å². The van der Waals surface area contributed by atoms with Gasteiger partial charge in [-0.2, -0.15) is 5.10 Å². The number of hydrogen-bond acceptors (Lipinski definition) is 5. The number of rotatable bonds is 9. The monoisotopic (exact) mass is 490 g/mol. The zero-order chi connectivity index (χ0) is 26.6. The number of pyridine rings is 1. The number of esters is 1. The Morgan fingerprint density at radius 2 is 1.75 bits per heavy atom. The van der Waals surface area contributed by atoms with E-state index in [1.54, 1.807) is 4.90 Å². The molecule has 0 atom stereocenters. The number of amides is 1. The molecular weight excluding hydrogens is 452 g/mol. The van der Waals surface area contributed by atoms with E-state index in [2.05, 4.69) is 12.0 Å². The molecule has 0 unspecified atom stereocenters. The van der Waals surface area contributed by atoms with Gasteiger partial charge in [0.25, 0.3) is 5.91 Å². The minimum Gasteiger partial charge on any atom is -0.468 e. The second kappa shape index (κ2) is 11.1. The summed E-state index contributed by atoms with van der Waals surface area (Å²) in [7, 11) is 5.14. The lowest BCUT2D eigenvalue weighted by Gasteiger charge is -2.22. The molecule has 1 amide bonds. The number of methoxy groups -OCH3 is 1. The Balaban J connectivity index is 2.11. The number of carbonyl (C=O) groups excluding carboxylic acids is 2. The highest BCUT2D eigenvalue weighted by Crippen LogP contribution is 2.34. The first-order valence-corrected chi connectivity index (χ1v) is 12.5. The first-order chi connectivity index (χ1) is 17.0. The van der Waals surface area contributed by atoms with Crippen molar-refractivity contribution in [1.82, 2.24) is 19.7 Å². The smallest absolute Gasteiger partial charge is 0.315 e. The molecule has 0 aliphatic carbocycles. The summed E-state index contributed by atoms with van der Waals surface area (Å²) in [6.45, 7) is 10.6. The van der Waals surface area contributed by atoms with Crippen molar-refractivity contribution >= 4 is 11.9 Å². The number of aromatic nitrogens is 3. The van der Waals surface area contributed by atoms with Crippen LogP contribution in [0.4, 0.5) is 0 Å². The zero-order valence-electron chi connectivity index (χ0n) is 22.8. The largest absolute Gasteiger partial charge is 0.468 e. The molecule has 7 nitrogen and oxygen atoms in total. The highest BCUT2D eigenvalue weighted by atomic mass is 16.5. The molecule has 1 aromatic carbocycles. The van der Waals surface area contributed by atoms with Crippen LogP contribution in [0.25, 0.3) is 22.4 Å². The van der Waals surface area contributed by atoms with Crippen molar-refractivity contribution in [2.45, 2.75) is 59.3 Å². The van der Waals surface area contributed by atoms with Crippen LogP contribution in [0, 0.1) is 13.8 Å². The number of hydrogen-bond donors (Lipinski definition) is 0. The minimum absolute atomic E-state index is 0.0985. The van der Waals surface area contributed by atoms with Crippen molar-refractivity contribution in [3.63, 3.8) is 0 Å². The van der Waals surface area contributed by atoms with E-state index in [0.717, 1.165) is 58.5 Å². The summed E-state index contributed by atoms with van der Waals surface area (Å²) in [5, 5.41) is 4.42. The molecule has 0 aliphatic heterocycles. The molecule has 0 saturated carbocycles. The summed E-state index contributed by atoms with van der Waals surface area (Å²) < 4.78 is 6.81. The van der Waals surface area contributed by atoms with Crippen LogP contribution >= 0.6 is 0 Å². The lowest BCUT2D eigenvalue weighted by molar-refractivity contribution is -0.146. The molecule has 0 spiro atoms. The Kier molecular flexibility index (Phi) is 8.33. The number of benzene rings is 1. The van der Waals surface area contributed by atoms with E-state index < -0.39 is 5.41 Å². The van der Waals surface area contributed by atoms with Crippen molar-refractivity contribution in [2.24, 2.45) is 7.05 Å². The van der Waals surface area contributed by atoms with E-state index in [1.807, 2.05) is 83.0 Å². The third kappa shape index (κ3) is 5.35. The molecule has 3 rings (SSSR count). The predicted molar refractivity (Wildman–Crippen MR) is 143 cm³/mol. The molecule has 0 bridgehead atoms. The number of unbranched alkanes of at least 4 members (excludes halogenated alkanes) is 2. The van der Waals surface area contributed by atoms with Gasteiger partial charge in [0.2, 0.25) is 0 Å². The fourth-order valence-electron chi connectivity index (χ4n) is 4.36. The maximum Gasteiger partial charge on any atom is 0.315 e. The van der Waals surface area contributed by atoms with Crippen LogP contribution in [0.2, 0.25) is 0 Å². The van der Waals surface area contributed by atoms with E-state index in [4.69, 9.17) is 9.72 Å². The second-order valence-electron chi connectivity index (χ2n) is 9.92. The Morgan fingerprint density at radius 3 is 2.31 bits per heavy atom. The van der Waals surface area contributed by atoms with Crippen molar-refractivity contribution in [3.8, 4) is 22.4 Å². The van der Waals surface area contributed by atoms with Gasteiger partial charge in [0.15, 0.2) is 0 Å². The Morgan fingerprint density at radius 1 is 1.08 bits per heavy atom. The van der Waals surface area contributed by atoms with Gasteiger partial charge >= 0.3 is 5.97 Å². The molecule has 36 heavy (non-hydrogen) atoms. The first kappa shape index (κ1) is 27.1. The topological polar surface area (TPSA) is 77.3 Å². The van der Waals surface area contributed by atoms with E-state index in [-0.39, 0.29) is 11.9 Å². The minimum atomic E-state index is -0.771. The van der Waals surface area contributed by atoms with Gasteiger partial charge in [-0.25, -0.2) is 4.98 Å². The van der Waals surface area contributed by atoms with Crippen molar-refractivity contribution in [3.05, 3.63) is 59.0 Å². The van der Waals surface area contributed by atoms with Crippen LogP contribution < -0.4 is 0 Å². The maximum atomic E-state index is 13.4. The molecule has 0 aliphatic rings. The SMILES string of the molecule is CCCCCN(C)C(=O)c1cc(-c2cnn(C)c2C)c(C)c(-c2ccc(C(C)(C)C(=O)OC)cc2)n1. The summed E-state index contributed by atoms with van der Waals surface area (Å²) in [6.07, 6.45) is 4.98. The van der Waals surface area contributed by atoms with Gasteiger partial charge in [-0.1, -0.05) is 44.0 Å². The van der Waals surface area contributed by atoms with E-state index >= 15 is 0 Å². The highest BCUT2D eigenvalue weighted by molar-refractivity contribution is 5.95. The van der Waals surface area contributed by atoms with Crippen LogP contribution in [-0.4, -0.2) is 52.2 Å². The van der Waals surface area contributed by atoms with Gasteiger partial charge in [-0.3, -0.25) is 14.3 Å². The molecule has 192 valence electrons. The predicted octanol–water partition coefficient (Wildman–Crippen LogP) is 5.48. The lowest BCUT2D eigenvalue weighted by Crippen LogP contribution is -2.30. The number of ether oxygens (including phenoxy) is 1. The van der Waals surface area contributed by atoms with Gasteiger partial charge in [0.05, 0.1) is 24.4 Å². The summed E-state index contributed by atoms with van der Waals surface area (Å²) in [4.78, 5) is 32.3. The molecule has 2 aromatic heterocycles. The number of carbonyl (C=O) groups is 2. The fourth-order valence-corrected chi connectivity index (χ4v) is 4.36. The average molecular weight is 491 g/mol. The van der Waals surface area contributed by atoms with Crippen molar-refractivity contribution in [2.75, 3.05) is 20.7 Å². The molecule has 0 fully saturated rings. The maximum absolute atomic E-state index is 13.4. The molecule has 2 heterocycles. The first-order valence-electron chi connectivity index (χ1n) is 12.5. The zero-order valence-corrected chi connectivity index (χ0v) is 22.8. The van der Waals surface area contributed by atoms with Gasteiger partial charge < -0.3 is 9.64 Å². The standard InChI is InChI=1S/C29H38N4O3/c1-9-10-11-16-32(6)27(34)25-17-23(24-18-30-33(7)20(24)3)19(2)26(31-25)21-12-14-22(15-13-21)29(4,5)28(35)36-8/h12-15,17-18H,9-11,16H2,1-8H3. The molecule has 7 heteroatoms. The summed E-state index contributed by atoms with van der Waals surface area (Å²) in [6, 6.07) is 9.64. The lowest BCUT2D eigenvalue weighted by atomic mass is 9.84. The van der Waals surface area contributed by atoms with Gasteiger partial charge in [0, 0.05) is 37.5 Å². The Hall–Kier alpha value is -3.48. The summed E-state index contributed by atoms with van der Waals surface area (Å²) >= 11 is 0. The third-order valence-corrected chi connectivity index (χ3v) is 7.04. The van der Waals surface area contributed by atoms with Gasteiger partial charge in [-0.05, 0) is 56.9 Å². The van der Waals surface area contributed by atoms with Crippen LogP contribution in [-0.2, 0) is 22.0 Å². The van der Waals surface area contributed by atoms with Crippen molar-refractivity contribution < 1.29 is 14.3 Å². The average Bonchev–Trinajstić information content (AvgIpc) is 3.21. The van der Waals surface area contributed by atoms with Gasteiger partial charge in [0.1, 0.15) is 5.69 Å². The van der Waals surface area contributed by atoms with E-state index in [0.29, 0.717) is 12.2 Å². The molecule has 0 saturated heterocycles. The van der Waals surface area contributed by atoms with Crippen LogP contribution in [0.15, 0.2) is 36.5 Å². The van der Waals surface area contributed by atoms with Crippen molar-refractivity contribution in [1.29, 1.82) is 0 Å². The molecule has 3 aromatic rings. The molecule has 0 radical (unpaired) electrons. The normalized spacial score (nSPS) is 11.4. The molecular formula is C29H38N4O3. The summed E-state index contributed by atoms with van der Waals surface area (Å²) in [5.41, 5.74) is 6.00. The van der Waals surface area contributed by atoms with Gasteiger partial charge in [-0.15, -0.1) is 0 Å². The van der Waals surface area contributed by atoms with E-state index in [1.165, 1.54) is 7.11 Å². The van der Waals surface area contributed by atoms with E-state index in [9.17, 15) is 9.59 Å². The van der Waals surface area contributed by atoms with Crippen LogP contribution in [0.1, 0.15) is 67.3 Å². The number of aryl methyl sites for hydroxylation is 1.